The number of rotatable bonds is 0. The van der Waals surface area contributed by atoms with Gasteiger partial charge in [0.2, 0.25) is 0 Å². The maximum absolute atomic E-state index is 12.9. The van der Waals surface area contributed by atoms with Crippen molar-refractivity contribution in [1.29, 1.82) is 0 Å². The number of aliphatic hydroxyl groups excluding tert-OH is 1. The quantitative estimate of drug-likeness (QED) is 0.396. The minimum atomic E-state index is 0. The molecule has 0 unspecified atom stereocenters. The SMILES string of the molecule is CO.C[n+]1c2n(c(=O)c3ccccc31)CCc1c-2[nH]c2ccccc12.[Cl-]. The highest BCUT2D eigenvalue weighted by Gasteiger charge is 2.31. The fraction of sp³-hybridized carbons (Fsp3) is 0.200. The molecule has 0 atom stereocenters. The zero-order chi connectivity index (χ0) is 17.6. The molecule has 0 bridgehead atoms. The average molecular weight is 370 g/mol. The summed E-state index contributed by atoms with van der Waals surface area (Å²) in [6.45, 7) is 0.724. The summed E-state index contributed by atoms with van der Waals surface area (Å²) in [6, 6.07) is 16.2. The van der Waals surface area contributed by atoms with Gasteiger partial charge in [-0.2, -0.15) is 4.57 Å². The molecule has 26 heavy (non-hydrogen) atoms. The Hall–Kier alpha value is -2.63. The molecule has 2 aromatic heterocycles. The molecule has 5 rings (SSSR count). The van der Waals surface area contributed by atoms with Crippen molar-refractivity contribution >= 4 is 21.8 Å². The van der Waals surface area contributed by atoms with Gasteiger partial charge in [0.1, 0.15) is 16.6 Å². The van der Waals surface area contributed by atoms with Crippen LogP contribution in [0.1, 0.15) is 5.56 Å². The molecule has 0 saturated heterocycles. The van der Waals surface area contributed by atoms with Crippen LogP contribution in [-0.4, -0.2) is 21.8 Å². The summed E-state index contributed by atoms with van der Waals surface area (Å²) < 4.78 is 4.03. The highest BCUT2D eigenvalue weighted by Crippen LogP contribution is 2.32. The Bertz CT molecular complexity index is 1160. The number of aromatic amines is 1. The largest absolute Gasteiger partial charge is 1.00 e. The maximum atomic E-state index is 12.9. The number of halogens is 1. The number of aromatic nitrogens is 3. The van der Waals surface area contributed by atoms with Crippen LogP contribution in [0.15, 0.2) is 53.3 Å². The number of nitrogens with zero attached hydrogens (tertiary/aromatic N) is 2. The molecule has 1 aliphatic rings. The van der Waals surface area contributed by atoms with Crippen molar-refractivity contribution in [3.63, 3.8) is 0 Å². The molecule has 5 nitrogen and oxygen atoms in total. The van der Waals surface area contributed by atoms with E-state index in [1.165, 1.54) is 10.9 Å². The van der Waals surface area contributed by atoms with E-state index in [0.717, 1.165) is 48.0 Å². The monoisotopic (exact) mass is 369 g/mol. The second-order valence-corrected chi connectivity index (χ2v) is 6.13. The minimum Gasteiger partial charge on any atom is -1.00 e. The van der Waals surface area contributed by atoms with Gasteiger partial charge in [-0.1, -0.05) is 30.3 Å². The predicted molar refractivity (Wildman–Crippen MR) is 98.5 cm³/mol. The Morgan fingerprint density at radius 1 is 1.04 bits per heavy atom. The predicted octanol–water partition coefficient (Wildman–Crippen LogP) is -0.857. The van der Waals surface area contributed by atoms with Gasteiger partial charge in [0.15, 0.2) is 0 Å². The second-order valence-electron chi connectivity index (χ2n) is 6.13. The summed E-state index contributed by atoms with van der Waals surface area (Å²) >= 11 is 0. The molecule has 0 fully saturated rings. The number of aliphatic hydroxyl groups is 1. The van der Waals surface area contributed by atoms with Crippen LogP contribution in [0.4, 0.5) is 0 Å². The molecule has 0 radical (unpaired) electrons. The molecule has 2 N–H and O–H groups in total. The number of aryl methyl sites for hydroxylation is 2. The van der Waals surface area contributed by atoms with E-state index in [1.807, 2.05) is 41.9 Å². The van der Waals surface area contributed by atoms with Crippen molar-refractivity contribution in [2.45, 2.75) is 13.0 Å². The number of hydrogen-bond acceptors (Lipinski definition) is 2. The van der Waals surface area contributed by atoms with Gasteiger partial charge in [-0.3, -0.25) is 0 Å². The molecular weight excluding hydrogens is 350 g/mol. The molecule has 1 aliphatic heterocycles. The van der Waals surface area contributed by atoms with E-state index in [4.69, 9.17) is 5.11 Å². The molecular formula is C20H20ClN3O2. The van der Waals surface area contributed by atoms with Crippen LogP contribution in [0.2, 0.25) is 0 Å². The molecule has 0 saturated carbocycles. The lowest BCUT2D eigenvalue weighted by Crippen LogP contribution is -3.00. The number of para-hydroxylation sites is 2. The summed E-state index contributed by atoms with van der Waals surface area (Å²) in [7, 11) is 3.04. The van der Waals surface area contributed by atoms with E-state index < -0.39 is 0 Å². The van der Waals surface area contributed by atoms with Crippen LogP contribution in [0.5, 0.6) is 0 Å². The third kappa shape index (κ3) is 2.43. The number of benzene rings is 2. The van der Waals surface area contributed by atoms with Crippen molar-refractivity contribution in [3.05, 3.63) is 64.4 Å². The highest BCUT2D eigenvalue weighted by atomic mass is 35.5. The maximum Gasteiger partial charge on any atom is 0.345 e. The number of nitrogens with one attached hydrogen (secondary N) is 1. The summed E-state index contributed by atoms with van der Waals surface area (Å²) in [5.74, 6) is 0.964. The molecule has 2 aromatic carbocycles. The smallest absolute Gasteiger partial charge is 0.345 e. The van der Waals surface area contributed by atoms with Crippen molar-refractivity contribution in [3.8, 4) is 11.5 Å². The summed E-state index contributed by atoms with van der Waals surface area (Å²) in [5, 5.41) is 9.03. The molecule has 0 spiro atoms. The molecule has 134 valence electrons. The first-order valence-electron chi connectivity index (χ1n) is 8.32. The van der Waals surface area contributed by atoms with Crippen LogP contribution in [-0.2, 0) is 20.0 Å². The van der Waals surface area contributed by atoms with Gasteiger partial charge in [0, 0.05) is 24.4 Å². The Kier molecular flexibility index (Phi) is 4.85. The average Bonchev–Trinajstić information content (AvgIpc) is 3.06. The Morgan fingerprint density at radius 3 is 2.46 bits per heavy atom. The van der Waals surface area contributed by atoms with Crippen LogP contribution in [0.3, 0.4) is 0 Å². The fourth-order valence-corrected chi connectivity index (χ4v) is 3.87. The summed E-state index contributed by atoms with van der Waals surface area (Å²) in [6.07, 6.45) is 0.880. The van der Waals surface area contributed by atoms with Gasteiger partial charge < -0.3 is 22.5 Å². The third-order valence-corrected chi connectivity index (χ3v) is 4.94. The number of H-pyrrole nitrogens is 1. The first kappa shape index (κ1) is 18.2. The molecule has 4 aromatic rings. The van der Waals surface area contributed by atoms with Crippen LogP contribution >= 0.6 is 0 Å². The number of hydrogen-bond donors (Lipinski definition) is 2. The van der Waals surface area contributed by atoms with Crippen LogP contribution < -0.4 is 22.5 Å². The molecule has 0 aliphatic carbocycles. The van der Waals surface area contributed by atoms with Gasteiger partial charge in [-0.25, -0.2) is 9.36 Å². The van der Waals surface area contributed by atoms with E-state index in [2.05, 4.69) is 27.8 Å². The number of fused-ring (bicyclic) bond motifs is 6. The van der Waals surface area contributed by atoms with Crippen molar-refractivity contribution < 1.29 is 22.1 Å². The van der Waals surface area contributed by atoms with E-state index in [9.17, 15) is 4.79 Å². The van der Waals surface area contributed by atoms with E-state index in [0.29, 0.717) is 0 Å². The van der Waals surface area contributed by atoms with Gasteiger partial charge in [-0.05, 0) is 23.8 Å². The van der Waals surface area contributed by atoms with Gasteiger partial charge in [0.25, 0.3) is 0 Å². The topological polar surface area (TPSA) is 61.9 Å². The van der Waals surface area contributed by atoms with Gasteiger partial charge in [0.05, 0.1) is 13.6 Å². The first-order chi connectivity index (χ1) is 12.3. The standard InChI is InChI=1S/C19H15N3O.CH4O.ClH/c1-21-16-9-5-3-7-14(16)19(23)22-11-10-13-12-6-2-4-8-15(12)20-17(13)18(21)22;1-2;/h2-9H,10-11H2,1H3;2H,1H3;1H. The summed E-state index contributed by atoms with van der Waals surface area (Å²) in [4.78, 5) is 16.4. The second kappa shape index (κ2) is 6.94. The van der Waals surface area contributed by atoms with Crippen LogP contribution in [0, 0.1) is 0 Å². The Labute approximate surface area is 156 Å². The lowest BCUT2D eigenvalue weighted by Gasteiger charge is -2.15. The lowest BCUT2D eigenvalue weighted by molar-refractivity contribution is -0.638. The Balaban J connectivity index is 0.000000633. The van der Waals surface area contributed by atoms with E-state index in [1.54, 1.807) is 0 Å². The third-order valence-electron chi connectivity index (χ3n) is 4.94. The zero-order valence-electron chi connectivity index (χ0n) is 14.7. The molecule has 0 amide bonds. The van der Waals surface area contributed by atoms with Crippen molar-refractivity contribution in [2.75, 3.05) is 7.11 Å². The van der Waals surface area contributed by atoms with E-state index >= 15 is 0 Å². The highest BCUT2D eigenvalue weighted by molar-refractivity contribution is 5.90. The zero-order valence-corrected chi connectivity index (χ0v) is 15.4. The van der Waals surface area contributed by atoms with Gasteiger partial charge in [-0.15, -0.1) is 0 Å². The van der Waals surface area contributed by atoms with E-state index in [-0.39, 0.29) is 18.0 Å². The summed E-state index contributed by atoms with van der Waals surface area (Å²) in [5.41, 5.74) is 4.58. The fourth-order valence-electron chi connectivity index (χ4n) is 3.87. The Morgan fingerprint density at radius 2 is 1.69 bits per heavy atom. The lowest BCUT2D eigenvalue weighted by atomic mass is 10.0. The minimum absolute atomic E-state index is 0. The van der Waals surface area contributed by atoms with Crippen LogP contribution in [0.25, 0.3) is 33.3 Å². The molecule has 6 heteroatoms. The first-order valence-corrected chi connectivity index (χ1v) is 8.32. The van der Waals surface area contributed by atoms with Crippen molar-refractivity contribution in [1.82, 2.24) is 9.55 Å². The van der Waals surface area contributed by atoms with Gasteiger partial charge >= 0.3 is 11.4 Å². The van der Waals surface area contributed by atoms with Crippen molar-refractivity contribution in [2.24, 2.45) is 7.05 Å². The normalized spacial score (nSPS) is 12.0. The molecule has 3 heterocycles.